The summed E-state index contributed by atoms with van der Waals surface area (Å²) in [4.78, 5) is 11.3. The van der Waals surface area contributed by atoms with Crippen LogP contribution in [0.15, 0.2) is 0 Å². The van der Waals surface area contributed by atoms with E-state index in [0.29, 0.717) is 19.1 Å². The van der Waals surface area contributed by atoms with Gasteiger partial charge in [0.2, 0.25) is 0 Å². The Morgan fingerprint density at radius 1 is 1.38 bits per heavy atom. The zero-order valence-corrected chi connectivity index (χ0v) is 9.09. The largest absolute Gasteiger partial charge is 0.465 e. The van der Waals surface area contributed by atoms with Crippen LogP contribution in [0.25, 0.3) is 0 Å². The minimum atomic E-state index is -0.102. The van der Waals surface area contributed by atoms with Crippen molar-refractivity contribution in [2.75, 3.05) is 19.7 Å². The van der Waals surface area contributed by atoms with Crippen LogP contribution in [-0.2, 0) is 9.53 Å². The molecule has 0 aromatic carbocycles. The van der Waals surface area contributed by atoms with E-state index >= 15 is 0 Å². The second kappa shape index (κ2) is 6.89. The Morgan fingerprint density at radius 2 is 2.00 bits per heavy atom. The lowest BCUT2D eigenvalue weighted by Crippen LogP contribution is -2.28. The fourth-order valence-electron chi connectivity index (χ4n) is 0.835. The summed E-state index contributed by atoms with van der Waals surface area (Å²) in [5, 5.41) is 3.12. The van der Waals surface area contributed by atoms with Gasteiger partial charge in [0.1, 0.15) is 0 Å². The van der Waals surface area contributed by atoms with Crippen LogP contribution >= 0.6 is 0 Å². The van der Waals surface area contributed by atoms with Gasteiger partial charge in [-0.25, -0.2) is 0 Å². The summed E-state index contributed by atoms with van der Waals surface area (Å²) in [6.45, 7) is 10.1. The number of esters is 1. The number of carbonyl (C=O) groups excluding carboxylic acids is 1. The quantitative estimate of drug-likeness (QED) is 0.639. The van der Waals surface area contributed by atoms with Crippen molar-refractivity contribution in [1.82, 2.24) is 5.32 Å². The highest BCUT2D eigenvalue weighted by molar-refractivity contribution is 5.72. The zero-order valence-electron chi connectivity index (χ0n) is 9.09. The van der Waals surface area contributed by atoms with Crippen molar-refractivity contribution in [2.24, 2.45) is 11.8 Å². The maximum Gasteiger partial charge on any atom is 0.309 e. The normalized spacial score (nSPS) is 13.0. The molecule has 0 aliphatic carbocycles. The molecule has 3 heteroatoms. The van der Waals surface area contributed by atoms with Crippen LogP contribution < -0.4 is 5.32 Å². The lowest BCUT2D eigenvalue weighted by Gasteiger charge is -2.12. The van der Waals surface area contributed by atoms with Gasteiger partial charge in [-0.05, 0) is 12.5 Å². The molecular formula is C10H21NO2. The van der Waals surface area contributed by atoms with Gasteiger partial charge in [0.05, 0.1) is 12.5 Å². The van der Waals surface area contributed by atoms with Gasteiger partial charge >= 0.3 is 5.97 Å². The van der Waals surface area contributed by atoms with E-state index in [1.54, 1.807) is 0 Å². The van der Waals surface area contributed by atoms with Crippen LogP contribution in [0.5, 0.6) is 0 Å². The highest BCUT2D eigenvalue weighted by Crippen LogP contribution is 2.00. The lowest BCUT2D eigenvalue weighted by atomic mass is 10.2. The number of carbonyl (C=O) groups is 1. The minimum absolute atomic E-state index is 0.0429. The molecule has 0 saturated carbocycles. The van der Waals surface area contributed by atoms with Crippen LogP contribution in [0.2, 0.25) is 0 Å². The van der Waals surface area contributed by atoms with Crippen molar-refractivity contribution in [3.8, 4) is 0 Å². The molecule has 0 aromatic rings. The summed E-state index contributed by atoms with van der Waals surface area (Å²) in [5.41, 5.74) is 0. The summed E-state index contributed by atoms with van der Waals surface area (Å²) >= 11 is 0. The molecule has 0 spiro atoms. The van der Waals surface area contributed by atoms with Crippen molar-refractivity contribution in [3.63, 3.8) is 0 Å². The molecule has 0 bridgehead atoms. The lowest BCUT2D eigenvalue weighted by molar-refractivity contribution is -0.148. The first-order valence-electron chi connectivity index (χ1n) is 4.95. The molecule has 0 amide bonds. The standard InChI is InChI=1S/C10H21NO2/c1-5-11-6-9(4)10(12)13-7-8(2)3/h8-9,11H,5-7H2,1-4H3. The summed E-state index contributed by atoms with van der Waals surface area (Å²) in [6, 6.07) is 0. The maximum absolute atomic E-state index is 11.3. The molecule has 0 heterocycles. The van der Waals surface area contributed by atoms with E-state index < -0.39 is 0 Å². The van der Waals surface area contributed by atoms with E-state index in [0.717, 1.165) is 6.54 Å². The topological polar surface area (TPSA) is 38.3 Å². The molecule has 3 nitrogen and oxygen atoms in total. The first-order valence-corrected chi connectivity index (χ1v) is 4.95. The second-order valence-electron chi connectivity index (χ2n) is 3.73. The smallest absolute Gasteiger partial charge is 0.309 e. The third-order valence-electron chi connectivity index (χ3n) is 1.66. The molecule has 1 unspecified atom stereocenters. The first-order chi connectivity index (χ1) is 6.07. The number of ether oxygens (including phenoxy) is 1. The van der Waals surface area contributed by atoms with Crippen LogP contribution in [-0.4, -0.2) is 25.7 Å². The Balaban J connectivity index is 3.57. The van der Waals surface area contributed by atoms with E-state index in [2.05, 4.69) is 5.32 Å². The van der Waals surface area contributed by atoms with Crippen LogP contribution in [0.3, 0.4) is 0 Å². The Labute approximate surface area is 80.8 Å². The van der Waals surface area contributed by atoms with Gasteiger partial charge in [0.25, 0.3) is 0 Å². The monoisotopic (exact) mass is 187 g/mol. The van der Waals surface area contributed by atoms with Gasteiger partial charge in [0, 0.05) is 6.54 Å². The average molecular weight is 187 g/mol. The molecule has 0 fully saturated rings. The van der Waals surface area contributed by atoms with E-state index in [4.69, 9.17) is 4.74 Å². The van der Waals surface area contributed by atoms with Gasteiger partial charge in [-0.3, -0.25) is 4.79 Å². The summed E-state index contributed by atoms with van der Waals surface area (Å²) in [5.74, 6) is 0.267. The number of hydrogen-bond donors (Lipinski definition) is 1. The fraction of sp³-hybridized carbons (Fsp3) is 0.900. The molecular weight excluding hydrogens is 166 g/mol. The Bertz CT molecular complexity index is 146. The van der Waals surface area contributed by atoms with E-state index in [1.165, 1.54) is 0 Å². The van der Waals surface area contributed by atoms with Crippen LogP contribution in [0.4, 0.5) is 0 Å². The van der Waals surface area contributed by atoms with Crippen molar-refractivity contribution in [1.29, 1.82) is 0 Å². The molecule has 1 N–H and O–H groups in total. The predicted molar refractivity (Wildman–Crippen MR) is 53.5 cm³/mol. The van der Waals surface area contributed by atoms with Gasteiger partial charge < -0.3 is 10.1 Å². The summed E-state index contributed by atoms with van der Waals surface area (Å²) in [7, 11) is 0. The molecule has 13 heavy (non-hydrogen) atoms. The third kappa shape index (κ3) is 6.58. The predicted octanol–water partition coefficient (Wildman–Crippen LogP) is 1.43. The number of hydrogen-bond acceptors (Lipinski definition) is 3. The van der Waals surface area contributed by atoms with E-state index in [1.807, 2.05) is 27.7 Å². The molecule has 78 valence electrons. The van der Waals surface area contributed by atoms with E-state index in [9.17, 15) is 4.79 Å². The molecule has 0 aliphatic rings. The molecule has 0 radical (unpaired) electrons. The van der Waals surface area contributed by atoms with Crippen molar-refractivity contribution < 1.29 is 9.53 Å². The summed E-state index contributed by atoms with van der Waals surface area (Å²) < 4.78 is 5.08. The summed E-state index contributed by atoms with van der Waals surface area (Å²) in [6.07, 6.45) is 0. The number of rotatable bonds is 6. The van der Waals surface area contributed by atoms with Crippen molar-refractivity contribution in [3.05, 3.63) is 0 Å². The van der Waals surface area contributed by atoms with Crippen molar-refractivity contribution >= 4 is 5.97 Å². The SMILES string of the molecule is CCNCC(C)C(=O)OCC(C)C. The van der Waals surface area contributed by atoms with Crippen molar-refractivity contribution in [2.45, 2.75) is 27.7 Å². The van der Waals surface area contributed by atoms with Gasteiger partial charge in [-0.2, -0.15) is 0 Å². The Morgan fingerprint density at radius 3 is 2.46 bits per heavy atom. The van der Waals surface area contributed by atoms with Gasteiger partial charge in [-0.1, -0.05) is 27.7 Å². The fourth-order valence-corrected chi connectivity index (χ4v) is 0.835. The van der Waals surface area contributed by atoms with Gasteiger partial charge in [0.15, 0.2) is 0 Å². The molecule has 0 saturated heterocycles. The maximum atomic E-state index is 11.3. The molecule has 0 aromatic heterocycles. The highest BCUT2D eigenvalue weighted by Gasteiger charge is 2.13. The average Bonchev–Trinajstić information content (AvgIpc) is 2.10. The second-order valence-corrected chi connectivity index (χ2v) is 3.73. The minimum Gasteiger partial charge on any atom is -0.465 e. The zero-order chi connectivity index (χ0) is 10.3. The van der Waals surface area contributed by atoms with Crippen LogP contribution in [0, 0.1) is 11.8 Å². The van der Waals surface area contributed by atoms with Gasteiger partial charge in [-0.15, -0.1) is 0 Å². The third-order valence-corrected chi connectivity index (χ3v) is 1.66. The molecule has 0 aliphatic heterocycles. The number of nitrogens with one attached hydrogen (secondary N) is 1. The first kappa shape index (κ1) is 12.4. The van der Waals surface area contributed by atoms with Crippen LogP contribution in [0.1, 0.15) is 27.7 Å². The highest BCUT2D eigenvalue weighted by atomic mass is 16.5. The molecule has 1 atom stereocenters. The Kier molecular flexibility index (Phi) is 6.59. The Hall–Kier alpha value is -0.570. The van der Waals surface area contributed by atoms with E-state index in [-0.39, 0.29) is 11.9 Å². The molecule has 0 rings (SSSR count).